The van der Waals surface area contributed by atoms with Gasteiger partial charge in [0.05, 0.1) is 24.7 Å². The Morgan fingerprint density at radius 2 is 0.693 bits per heavy atom. The van der Waals surface area contributed by atoms with Gasteiger partial charge in [-0.15, -0.1) is 0 Å². The van der Waals surface area contributed by atoms with Crippen LogP contribution in [-0.2, 0) is 35.4 Å². The predicted octanol–water partition coefficient (Wildman–Crippen LogP) is 24.1. The first kappa shape index (κ1) is 98.7. The smallest absolute Gasteiger partial charge is 0.263 e. The van der Waals surface area contributed by atoms with Crippen molar-refractivity contribution < 1.29 is 23.9 Å². The quantitative estimate of drug-likeness (QED) is 0.0470. The van der Waals surface area contributed by atoms with Gasteiger partial charge in [0.1, 0.15) is 31.3 Å². The molecule has 2 N–H and O–H groups in total. The molecule has 3 saturated carbocycles. The number of thioether (sulfide) groups is 3. The minimum Gasteiger partial charge on any atom is -0.416 e. The summed E-state index contributed by atoms with van der Waals surface area (Å²) in [5.74, 6) is 0.677. The Kier molecular flexibility index (Phi) is 30.9. The molecule has 684 valence electrons. The monoisotopic (exact) mass is 1910 g/mol. The lowest BCUT2D eigenvalue weighted by atomic mass is 9.81. The molecule has 6 heterocycles. The van der Waals surface area contributed by atoms with Gasteiger partial charge in [0.15, 0.2) is 23.8 Å². The lowest BCUT2D eigenvalue weighted by Gasteiger charge is -2.48. The van der Waals surface area contributed by atoms with E-state index in [1.165, 1.54) is 35.3 Å². The Hall–Kier alpha value is -5.83. The Morgan fingerprint density at radius 3 is 0.929 bits per heavy atom. The van der Waals surface area contributed by atoms with Crippen LogP contribution in [0.3, 0.4) is 0 Å². The maximum atomic E-state index is 14.7. The molecule has 3 amide bonds. The second-order valence-corrected chi connectivity index (χ2v) is 49.8. The number of rotatable bonds is 27. The van der Waals surface area contributed by atoms with E-state index in [0.717, 1.165) is 132 Å². The minimum absolute atomic E-state index is 0.0712. The van der Waals surface area contributed by atoms with Crippen LogP contribution in [0.2, 0.25) is 48.3 Å². The number of halogens is 6. The van der Waals surface area contributed by atoms with Crippen molar-refractivity contribution in [2.24, 2.45) is 32.7 Å². The second-order valence-electron chi connectivity index (χ2n) is 39.4. The van der Waals surface area contributed by atoms with Gasteiger partial charge in [-0.05, 0) is 299 Å². The average Bonchev–Trinajstić information content (AvgIpc) is 1.56. The van der Waals surface area contributed by atoms with E-state index in [1.54, 1.807) is 0 Å². The topological polar surface area (TPSA) is 156 Å². The number of hydrogen-bond acceptors (Lipinski definition) is 17. The first-order valence-electron chi connectivity index (χ1n) is 45.1. The summed E-state index contributed by atoms with van der Waals surface area (Å²) in [5, 5.41) is 19.7. The maximum Gasteiger partial charge on any atom is 0.263 e. The van der Waals surface area contributed by atoms with Crippen molar-refractivity contribution in [3.63, 3.8) is 0 Å². The number of amides is 3. The normalized spacial score (nSPS) is 25.5. The van der Waals surface area contributed by atoms with E-state index in [9.17, 15) is 19.5 Å². The maximum absolute atomic E-state index is 14.7. The van der Waals surface area contributed by atoms with Gasteiger partial charge in [-0.3, -0.25) is 14.4 Å². The van der Waals surface area contributed by atoms with Crippen LogP contribution in [0.15, 0.2) is 192 Å². The van der Waals surface area contributed by atoms with Gasteiger partial charge in [-0.1, -0.05) is 205 Å². The van der Waals surface area contributed by atoms with E-state index in [4.69, 9.17) is 89.0 Å². The number of carbonyl (C=O) groups excluding carboxylic acids is 3. The van der Waals surface area contributed by atoms with Crippen LogP contribution >= 0.6 is 105 Å². The van der Waals surface area contributed by atoms with Crippen LogP contribution in [0.25, 0.3) is 0 Å². The van der Waals surface area contributed by atoms with Crippen molar-refractivity contribution in [3.8, 4) is 0 Å². The zero-order valence-electron chi connectivity index (χ0n) is 78.1. The lowest BCUT2D eigenvalue weighted by molar-refractivity contribution is -0.135. The molecule has 0 unspecified atom stereocenters. The summed E-state index contributed by atoms with van der Waals surface area (Å²) in [6.07, 6.45) is 5.76. The van der Waals surface area contributed by atoms with E-state index < -0.39 is 24.9 Å². The molecule has 17 nitrogen and oxygen atoms in total. The SMILES string of the molecule is CC(C)C1=C(C(=O)N(C(C)C)C2CC(N(C)CCO)C2)SC2=N[C@@](C)(c3ccc(Cl)cc3)[C@@H](c3ccc(Cl)cc3)N21.CC(C)C1=C(C(=O)N(C(C)C)C2CC(N(C)CCO[Si](C)(C)C(C)(C)C)C2)SC2=N[C@@](C)(c3ccc(Cl)cc3)[C@@H](c3ccc(Cl)cc3)N21.CNC1CC(N(C(=O)C2=C(C(C)C)N3C(=N[C@@](C)(c4ccc(Cl)cc4)[C@H]3c3ccc(Cl)cc3)S2)C(C)C)C1. The van der Waals surface area contributed by atoms with E-state index in [1.807, 2.05) is 99.0 Å². The molecule has 6 aromatic rings. The number of nitrogens with zero attached hydrogens (tertiary/aromatic N) is 11. The molecular weight excluding hydrogens is 1790 g/mol. The molecule has 0 radical (unpaired) electrons. The largest absolute Gasteiger partial charge is 0.416 e. The molecule has 6 aromatic carbocycles. The van der Waals surface area contributed by atoms with Gasteiger partial charge in [0, 0.05) is 121 Å². The van der Waals surface area contributed by atoms with Crippen LogP contribution in [0, 0.1) is 17.8 Å². The van der Waals surface area contributed by atoms with Gasteiger partial charge in [0.2, 0.25) is 0 Å². The van der Waals surface area contributed by atoms with E-state index in [-0.39, 0.29) is 101 Å². The van der Waals surface area contributed by atoms with Crippen LogP contribution in [-0.4, -0.2) is 188 Å². The Bertz CT molecular complexity index is 5170. The first-order valence-corrected chi connectivity index (χ1v) is 52.8. The Balaban J connectivity index is 0.000000164. The Morgan fingerprint density at radius 1 is 0.441 bits per heavy atom. The van der Waals surface area contributed by atoms with Crippen molar-refractivity contribution in [2.45, 2.75) is 270 Å². The number of hydrogen-bond donors (Lipinski definition) is 2. The van der Waals surface area contributed by atoms with E-state index in [0.29, 0.717) is 54.8 Å². The summed E-state index contributed by atoms with van der Waals surface area (Å²) in [7, 11) is 4.47. The van der Waals surface area contributed by atoms with E-state index in [2.05, 4.69) is 250 Å². The fraction of sp³-hybridized carbons (Fsp3) is 0.520. The number of carbonyl (C=O) groups is 3. The summed E-state index contributed by atoms with van der Waals surface area (Å²) in [6, 6.07) is 49.7. The zero-order valence-corrected chi connectivity index (χ0v) is 86.1. The zero-order chi connectivity index (χ0) is 92.3. The molecule has 6 atom stereocenters. The van der Waals surface area contributed by atoms with Crippen molar-refractivity contribution in [1.82, 2.24) is 44.5 Å². The highest BCUT2D eigenvalue weighted by atomic mass is 35.5. The number of amidine groups is 3. The third-order valence-corrected chi connectivity index (χ3v) is 37.0. The summed E-state index contributed by atoms with van der Waals surface area (Å²) in [6.45, 7) is 46.2. The highest BCUT2D eigenvalue weighted by Crippen LogP contribution is 2.61. The van der Waals surface area contributed by atoms with Crippen LogP contribution < -0.4 is 5.32 Å². The molecule has 15 rings (SSSR count). The van der Waals surface area contributed by atoms with Gasteiger partial charge >= 0.3 is 0 Å². The fourth-order valence-electron chi connectivity index (χ4n) is 19.5. The molecule has 0 spiro atoms. The number of allylic oxidation sites excluding steroid dienone is 3. The third kappa shape index (κ3) is 19.9. The molecule has 0 aromatic heterocycles. The number of benzene rings is 6. The fourth-order valence-corrected chi connectivity index (χ4v) is 25.4. The van der Waals surface area contributed by atoms with Crippen LogP contribution in [0.4, 0.5) is 0 Å². The lowest BCUT2D eigenvalue weighted by Crippen LogP contribution is -2.57. The molecule has 0 saturated heterocycles. The van der Waals surface area contributed by atoms with Gasteiger partial charge in [-0.25, -0.2) is 15.0 Å². The minimum atomic E-state index is -1.77. The molecule has 27 heteroatoms. The van der Waals surface area contributed by atoms with Crippen LogP contribution in [0.1, 0.15) is 215 Å². The summed E-state index contributed by atoms with van der Waals surface area (Å²) in [5.41, 5.74) is 7.89. The van der Waals surface area contributed by atoms with Crippen molar-refractivity contribution in [1.29, 1.82) is 0 Å². The number of likely N-dealkylation sites (N-methyl/N-ethyl adjacent to an activating group) is 2. The highest BCUT2D eigenvalue weighted by Gasteiger charge is 2.59. The van der Waals surface area contributed by atoms with E-state index >= 15 is 0 Å². The summed E-state index contributed by atoms with van der Waals surface area (Å²) in [4.78, 5) is 79.7. The molecule has 127 heavy (non-hydrogen) atoms. The third-order valence-electron chi connectivity index (χ3n) is 27.8. The summed E-state index contributed by atoms with van der Waals surface area (Å²) < 4.78 is 6.46. The Labute approximate surface area is 799 Å². The number of aliphatic hydroxyl groups is 1. The van der Waals surface area contributed by atoms with Gasteiger partial charge < -0.3 is 54.0 Å². The number of aliphatic imine (C=N–C) groups is 3. The number of nitrogens with one attached hydrogen (secondary N) is 1. The molecule has 3 aliphatic carbocycles. The second kappa shape index (κ2) is 39.8. The standard InChI is InChI=1S/C38H54Cl2N4O2SSi.C32H40Cl2N4O2S.C30H36Cl2N4OS/c1-24(2)32-33(35(45)43(25(3)4)31-22-30(23-31)42(9)20-21-46-48(10,11)37(5,6)7)47-36-41-38(8,27-14-18-29(40)19-15-27)34(44(32)36)26-12-16-28(39)17-13-26;1-19(2)27-28(30(40)37(20(3)4)26-17-25(18-26)36(6)15-16-39)41-31-35-32(5,22-9-13-24(34)14-10-22)29(38(27)31)21-7-11-23(33)12-8-21;1-17(2)25-26(28(37)35(18(3)4)24-15-23(16-24)33-6)38-29-34-30(5,20-9-13-22(32)14-10-20)27(36(25)29)19-7-11-21(31)12-8-19/h12-19,24-25,30-31,34H,20-23H2,1-11H3;7-14,19-20,25-26,29,39H,15-18H2,1-6H3;7-14,17-18,23-24,27,33H,15-16H2,1-6H3/t30?,31?,34-,38+;25?,26?,29-,32+;23?,24?,27-,30+/m111/s1. The van der Waals surface area contributed by atoms with Crippen LogP contribution in [0.5, 0.6) is 0 Å². The van der Waals surface area contributed by atoms with Gasteiger partial charge in [0.25, 0.3) is 17.7 Å². The average molecular weight is 1920 g/mol. The molecule has 0 bridgehead atoms. The predicted molar refractivity (Wildman–Crippen MR) is 536 cm³/mol. The number of aliphatic hydroxyl groups excluding tert-OH is 1. The molecule has 3 fully saturated rings. The van der Waals surface area contributed by atoms with Gasteiger partial charge in [-0.2, -0.15) is 0 Å². The van der Waals surface area contributed by atoms with Crippen molar-refractivity contribution >= 4 is 146 Å². The number of fused-ring (bicyclic) bond motifs is 3. The molecular formula is C100H130Cl6N12O5S3Si. The first-order chi connectivity index (χ1) is 59.9. The van der Waals surface area contributed by atoms with Crippen molar-refractivity contribution in [3.05, 3.63) is 241 Å². The summed E-state index contributed by atoms with van der Waals surface area (Å²) >= 11 is 42.3. The van der Waals surface area contributed by atoms with Crippen molar-refractivity contribution in [2.75, 3.05) is 47.4 Å². The molecule has 6 aliphatic heterocycles. The molecule has 9 aliphatic rings. The highest BCUT2D eigenvalue weighted by molar-refractivity contribution is 8.18.